The molecule has 0 spiro atoms. The number of carbonyl (C=O) groups is 1. The fraction of sp³-hybridized carbons (Fsp3) is 0.207. The Balaban J connectivity index is 1.75. The van der Waals surface area contributed by atoms with E-state index in [0.29, 0.717) is 24.1 Å². The van der Waals surface area contributed by atoms with Crippen LogP contribution in [0.15, 0.2) is 82.7 Å². The number of hydrogen-bond donors (Lipinski definition) is 1. The lowest BCUT2D eigenvalue weighted by atomic mass is 9.90. The minimum atomic E-state index is -0.236. The van der Waals surface area contributed by atoms with Crippen LogP contribution >= 0.6 is 0 Å². The van der Waals surface area contributed by atoms with Crippen molar-refractivity contribution in [2.24, 2.45) is 5.10 Å². The lowest BCUT2D eigenvalue weighted by Gasteiger charge is -2.23. The minimum Gasteiger partial charge on any atom is -0.321 e. The van der Waals surface area contributed by atoms with Gasteiger partial charge in [0.2, 0.25) is 5.91 Å². The molecular formula is C29H27N3O2. The van der Waals surface area contributed by atoms with Crippen LogP contribution in [0.3, 0.4) is 0 Å². The number of fused-ring (bicyclic) bond motifs is 1. The number of carbonyl (C=O) groups excluding carboxylic acids is 1. The normalized spacial score (nSPS) is 15.6. The number of nitrogens with one attached hydrogen (secondary N) is 1. The predicted molar refractivity (Wildman–Crippen MR) is 137 cm³/mol. The molecule has 2 heterocycles. The van der Waals surface area contributed by atoms with Crippen LogP contribution in [-0.4, -0.2) is 21.6 Å². The van der Waals surface area contributed by atoms with Gasteiger partial charge >= 0.3 is 0 Å². The molecule has 0 bridgehead atoms. The van der Waals surface area contributed by atoms with Crippen molar-refractivity contribution in [3.63, 3.8) is 0 Å². The first-order chi connectivity index (χ1) is 16.5. The van der Waals surface area contributed by atoms with Crippen molar-refractivity contribution < 1.29 is 4.79 Å². The molecule has 1 amide bonds. The van der Waals surface area contributed by atoms with Gasteiger partial charge in [-0.3, -0.25) is 9.59 Å². The second-order valence-electron chi connectivity index (χ2n) is 8.83. The van der Waals surface area contributed by atoms with Crippen molar-refractivity contribution in [2.75, 3.05) is 0 Å². The molecule has 1 aromatic heterocycles. The number of aryl methyl sites for hydroxylation is 2. The Kier molecular flexibility index (Phi) is 5.62. The molecule has 5 nitrogen and oxygen atoms in total. The largest absolute Gasteiger partial charge is 0.321 e. The van der Waals surface area contributed by atoms with Gasteiger partial charge in [-0.05, 0) is 42.2 Å². The molecule has 0 saturated carbocycles. The molecule has 1 atom stereocenters. The number of aromatic nitrogens is 1. The van der Waals surface area contributed by atoms with Crippen LogP contribution in [0.5, 0.6) is 0 Å². The van der Waals surface area contributed by atoms with Crippen molar-refractivity contribution >= 4 is 22.5 Å². The Hall–Kier alpha value is -3.99. The SMILES string of the molecule is CCC(=O)N1N=C(c2c(-c3ccccc3)c3ccc(C)cc3[nH]c2=O)CC1c1ccccc1C. The van der Waals surface area contributed by atoms with Crippen LogP contribution in [0.25, 0.3) is 22.0 Å². The van der Waals surface area contributed by atoms with Gasteiger partial charge in [-0.25, -0.2) is 5.01 Å². The van der Waals surface area contributed by atoms with Crippen LogP contribution in [0.4, 0.5) is 0 Å². The van der Waals surface area contributed by atoms with Gasteiger partial charge in [-0.2, -0.15) is 5.10 Å². The van der Waals surface area contributed by atoms with E-state index in [9.17, 15) is 9.59 Å². The van der Waals surface area contributed by atoms with Gasteiger partial charge in [-0.1, -0.05) is 73.7 Å². The van der Waals surface area contributed by atoms with E-state index >= 15 is 0 Å². The highest BCUT2D eigenvalue weighted by Gasteiger charge is 2.35. The summed E-state index contributed by atoms with van der Waals surface area (Å²) in [4.78, 5) is 29.5. The summed E-state index contributed by atoms with van der Waals surface area (Å²) >= 11 is 0. The topological polar surface area (TPSA) is 65.5 Å². The Labute approximate surface area is 198 Å². The number of pyridine rings is 1. The quantitative estimate of drug-likeness (QED) is 0.422. The predicted octanol–water partition coefficient (Wildman–Crippen LogP) is 5.90. The number of benzene rings is 3. The first kappa shape index (κ1) is 21.8. The van der Waals surface area contributed by atoms with Gasteiger partial charge in [-0.15, -0.1) is 0 Å². The molecule has 0 aliphatic carbocycles. The maximum Gasteiger partial charge on any atom is 0.258 e. The lowest BCUT2D eigenvalue weighted by Crippen LogP contribution is -2.26. The molecule has 0 fully saturated rings. The molecule has 5 rings (SSSR count). The summed E-state index contributed by atoms with van der Waals surface area (Å²) < 4.78 is 0. The molecule has 4 aromatic rings. The highest BCUT2D eigenvalue weighted by Crippen LogP contribution is 2.38. The van der Waals surface area contributed by atoms with Gasteiger partial charge in [0.05, 0.1) is 17.3 Å². The van der Waals surface area contributed by atoms with E-state index in [1.54, 1.807) is 5.01 Å². The zero-order valence-electron chi connectivity index (χ0n) is 19.6. The molecule has 1 unspecified atom stereocenters. The Morgan fingerprint density at radius 3 is 2.47 bits per heavy atom. The average molecular weight is 450 g/mol. The van der Waals surface area contributed by atoms with Crippen molar-refractivity contribution in [3.05, 3.63) is 105 Å². The zero-order chi connectivity index (χ0) is 23.8. The maximum absolute atomic E-state index is 13.5. The second kappa shape index (κ2) is 8.75. The van der Waals surface area contributed by atoms with Gasteiger partial charge in [0.15, 0.2) is 0 Å². The molecule has 0 saturated heterocycles. The smallest absolute Gasteiger partial charge is 0.258 e. The third-order valence-electron chi connectivity index (χ3n) is 6.54. The number of hydrogen-bond acceptors (Lipinski definition) is 3. The molecule has 3 aromatic carbocycles. The summed E-state index contributed by atoms with van der Waals surface area (Å²) in [5.74, 6) is -0.0580. The van der Waals surface area contributed by atoms with Gasteiger partial charge < -0.3 is 4.98 Å². The van der Waals surface area contributed by atoms with Crippen LogP contribution in [-0.2, 0) is 4.79 Å². The van der Waals surface area contributed by atoms with Crippen molar-refractivity contribution in [2.45, 2.75) is 39.7 Å². The molecule has 1 aliphatic rings. The summed E-state index contributed by atoms with van der Waals surface area (Å²) in [5, 5.41) is 7.31. The van der Waals surface area contributed by atoms with E-state index in [0.717, 1.165) is 38.7 Å². The molecule has 34 heavy (non-hydrogen) atoms. The van der Waals surface area contributed by atoms with Crippen molar-refractivity contribution in [1.29, 1.82) is 0 Å². The summed E-state index contributed by atoms with van der Waals surface area (Å²) in [6, 6.07) is 23.9. The third-order valence-corrected chi connectivity index (χ3v) is 6.54. The molecule has 1 aliphatic heterocycles. The monoisotopic (exact) mass is 449 g/mol. The first-order valence-electron chi connectivity index (χ1n) is 11.7. The van der Waals surface area contributed by atoms with Crippen molar-refractivity contribution in [1.82, 2.24) is 9.99 Å². The number of rotatable bonds is 4. The summed E-state index contributed by atoms with van der Waals surface area (Å²) in [7, 11) is 0. The fourth-order valence-electron chi connectivity index (χ4n) is 4.85. The van der Waals surface area contributed by atoms with Crippen LogP contribution < -0.4 is 5.56 Å². The molecule has 0 radical (unpaired) electrons. The number of aromatic amines is 1. The number of amides is 1. The Bertz CT molecular complexity index is 1480. The zero-order valence-corrected chi connectivity index (χ0v) is 19.6. The third kappa shape index (κ3) is 3.73. The second-order valence-corrected chi connectivity index (χ2v) is 8.83. The van der Waals surface area contributed by atoms with Gasteiger partial charge in [0.25, 0.3) is 5.56 Å². The van der Waals surface area contributed by atoms with Gasteiger partial charge in [0, 0.05) is 29.3 Å². The molecule has 1 N–H and O–H groups in total. The lowest BCUT2D eigenvalue weighted by molar-refractivity contribution is -0.132. The van der Waals surface area contributed by atoms with E-state index in [2.05, 4.69) is 17.1 Å². The van der Waals surface area contributed by atoms with E-state index in [1.807, 2.05) is 81.4 Å². The summed E-state index contributed by atoms with van der Waals surface area (Å²) in [6.07, 6.45) is 0.828. The van der Waals surface area contributed by atoms with Crippen LogP contribution in [0, 0.1) is 13.8 Å². The number of H-pyrrole nitrogens is 1. The maximum atomic E-state index is 13.5. The Morgan fingerprint density at radius 1 is 1.00 bits per heavy atom. The van der Waals surface area contributed by atoms with E-state index in [4.69, 9.17) is 5.10 Å². The summed E-state index contributed by atoms with van der Waals surface area (Å²) in [6.45, 7) is 5.89. The van der Waals surface area contributed by atoms with E-state index in [1.165, 1.54) is 0 Å². The van der Waals surface area contributed by atoms with E-state index < -0.39 is 0 Å². The fourth-order valence-corrected chi connectivity index (χ4v) is 4.85. The standard InChI is InChI=1S/C29H27N3O2/c1-4-26(33)32-25(21-13-9-8-10-19(21)3)17-24(31-32)28-27(20-11-6-5-7-12-20)22-15-14-18(2)16-23(22)30-29(28)34/h5-16,25H,4,17H2,1-3H3,(H,30,34). The minimum absolute atomic E-state index is 0.0580. The van der Waals surface area contributed by atoms with Gasteiger partial charge in [0.1, 0.15) is 0 Å². The van der Waals surface area contributed by atoms with Crippen LogP contribution in [0.2, 0.25) is 0 Å². The highest BCUT2D eigenvalue weighted by molar-refractivity contribution is 6.13. The summed E-state index contributed by atoms with van der Waals surface area (Å²) in [5.41, 5.74) is 6.81. The molecule has 5 heteroatoms. The van der Waals surface area contributed by atoms with Crippen molar-refractivity contribution in [3.8, 4) is 11.1 Å². The number of nitrogens with zero attached hydrogens (tertiary/aromatic N) is 2. The van der Waals surface area contributed by atoms with E-state index in [-0.39, 0.29) is 17.5 Å². The average Bonchev–Trinajstić information content (AvgIpc) is 3.28. The number of hydrazone groups is 1. The first-order valence-corrected chi connectivity index (χ1v) is 11.7. The highest BCUT2D eigenvalue weighted by atomic mass is 16.2. The van der Waals surface area contributed by atoms with Crippen LogP contribution in [0.1, 0.15) is 48.1 Å². The Morgan fingerprint density at radius 2 is 1.74 bits per heavy atom. The molecule has 170 valence electrons. The molecular weight excluding hydrogens is 422 g/mol.